The molecule has 254 valence electrons. The monoisotopic (exact) mass is 630 g/mol. The summed E-state index contributed by atoms with van der Waals surface area (Å²) in [6.07, 6.45) is 7.22. The first-order valence-corrected chi connectivity index (χ1v) is 18.0. The molecule has 5 saturated carbocycles. The third kappa shape index (κ3) is 4.22. The normalized spacial score (nSPS) is 51.9. The van der Waals surface area contributed by atoms with Gasteiger partial charge in [0.05, 0.1) is 23.9 Å². The number of carbonyl (C=O) groups excluding carboxylic acids is 2. The van der Waals surface area contributed by atoms with E-state index in [1.807, 2.05) is 0 Å². The summed E-state index contributed by atoms with van der Waals surface area (Å²) >= 11 is 0. The van der Waals surface area contributed by atoms with Crippen molar-refractivity contribution in [1.82, 2.24) is 0 Å². The zero-order valence-corrected chi connectivity index (χ0v) is 28.9. The van der Waals surface area contributed by atoms with Crippen molar-refractivity contribution in [2.24, 2.45) is 50.7 Å². The van der Waals surface area contributed by atoms with Gasteiger partial charge in [-0.05, 0) is 118 Å². The lowest BCUT2D eigenvalue weighted by atomic mass is 9.41. The van der Waals surface area contributed by atoms with Crippen LogP contribution in [0.2, 0.25) is 0 Å². The van der Waals surface area contributed by atoms with Gasteiger partial charge in [0, 0.05) is 24.4 Å². The summed E-state index contributed by atoms with van der Waals surface area (Å²) in [4.78, 5) is 25.1. The topological polar surface area (TPSA) is 112 Å². The second kappa shape index (κ2) is 10.1. The first-order valence-electron chi connectivity index (χ1n) is 18.0. The van der Waals surface area contributed by atoms with Crippen LogP contribution in [0.15, 0.2) is 0 Å². The van der Waals surface area contributed by atoms with E-state index in [4.69, 9.17) is 18.9 Å². The molecule has 2 aliphatic heterocycles. The predicted octanol–water partition coefficient (Wildman–Crippen LogP) is 5.59. The highest BCUT2D eigenvalue weighted by molar-refractivity contribution is 5.75. The Labute approximate surface area is 269 Å². The second-order valence-electron chi connectivity index (χ2n) is 18.2. The Hall–Kier alpha value is -1.22. The minimum atomic E-state index is -1.26. The summed E-state index contributed by atoms with van der Waals surface area (Å²) in [5, 5.41) is 23.5. The average molecular weight is 631 g/mol. The lowest BCUT2D eigenvalue weighted by Crippen LogP contribution is -2.60. The van der Waals surface area contributed by atoms with Gasteiger partial charge in [-0.15, -0.1) is 0 Å². The van der Waals surface area contributed by atoms with Gasteiger partial charge >= 0.3 is 11.9 Å². The molecule has 0 bridgehead atoms. The van der Waals surface area contributed by atoms with Gasteiger partial charge in [-0.2, -0.15) is 0 Å². The number of ether oxygens (including phenoxy) is 4. The summed E-state index contributed by atoms with van der Waals surface area (Å²) in [6.45, 7) is 17.1. The fourth-order valence-electron chi connectivity index (χ4n) is 13.6. The third-order valence-corrected chi connectivity index (χ3v) is 15.5. The number of rotatable bonds is 5. The summed E-state index contributed by atoms with van der Waals surface area (Å²) in [5.41, 5.74) is -1.32. The van der Waals surface area contributed by atoms with Crippen LogP contribution in [-0.2, 0) is 28.5 Å². The zero-order valence-electron chi connectivity index (χ0n) is 28.9. The quantitative estimate of drug-likeness (QED) is 0.378. The van der Waals surface area contributed by atoms with E-state index in [-0.39, 0.29) is 57.1 Å². The van der Waals surface area contributed by atoms with Gasteiger partial charge in [-0.3, -0.25) is 4.79 Å². The summed E-state index contributed by atoms with van der Waals surface area (Å²) in [5.74, 6) is 0.727. The van der Waals surface area contributed by atoms with Crippen molar-refractivity contribution < 1.29 is 38.7 Å². The fraction of sp³-hybridized carbons (Fsp3) is 0.946. The number of carbonyl (C=O) groups is 2. The molecule has 2 spiro atoms. The van der Waals surface area contributed by atoms with Crippen LogP contribution in [-0.4, -0.2) is 71.0 Å². The lowest BCUT2D eigenvalue weighted by molar-refractivity contribution is -0.216. The van der Waals surface area contributed by atoms with E-state index >= 15 is 0 Å². The van der Waals surface area contributed by atoms with E-state index in [1.165, 1.54) is 19.8 Å². The minimum Gasteiger partial charge on any atom is -0.460 e. The number of aliphatic hydroxyl groups is 2. The van der Waals surface area contributed by atoms with Crippen LogP contribution in [0, 0.1) is 50.7 Å². The number of fused-ring (bicyclic) bond motifs is 4. The highest BCUT2D eigenvalue weighted by Crippen LogP contribution is 2.89. The molecule has 8 heteroatoms. The highest BCUT2D eigenvalue weighted by atomic mass is 16.6. The maximum atomic E-state index is 13.0. The minimum absolute atomic E-state index is 0.0802. The van der Waals surface area contributed by atoms with Crippen molar-refractivity contribution in [3.8, 4) is 0 Å². The van der Waals surface area contributed by atoms with Crippen molar-refractivity contribution in [2.45, 2.75) is 162 Å². The first-order chi connectivity index (χ1) is 20.9. The Morgan fingerprint density at radius 3 is 2.31 bits per heavy atom. The SMILES string of the molecule is CC(=O)O[C@@H]([C@H]1C[C@@H](C)[C@H]2[C@H](O1)[C@H](O)[C@@]1(C)[C@@H]3CC[C@H]4C(C)(C)C(OC(=O)C5CCCO5)CC[C@@]45C[C@@]35CC[C@]21C)C(C)(C)O. The molecule has 0 aromatic heterocycles. The average Bonchev–Trinajstić information content (AvgIpc) is 3.21. The van der Waals surface area contributed by atoms with Gasteiger partial charge in [0.2, 0.25) is 0 Å². The highest BCUT2D eigenvalue weighted by Gasteiger charge is 2.84. The maximum Gasteiger partial charge on any atom is 0.335 e. The fourth-order valence-corrected chi connectivity index (χ4v) is 13.6. The molecule has 14 atom stereocenters. The van der Waals surface area contributed by atoms with Crippen LogP contribution in [0.25, 0.3) is 0 Å². The van der Waals surface area contributed by atoms with E-state index in [2.05, 4.69) is 34.6 Å². The van der Waals surface area contributed by atoms with Gasteiger partial charge in [-0.25, -0.2) is 4.79 Å². The number of hydrogen-bond acceptors (Lipinski definition) is 8. The van der Waals surface area contributed by atoms with Crippen molar-refractivity contribution in [3.63, 3.8) is 0 Å². The molecule has 5 aliphatic carbocycles. The molecule has 0 aromatic carbocycles. The van der Waals surface area contributed by atoms with Crippen LogP contribution in [0.1, 0.15) is 120 Å². The zero-order chi connectivity index (χ0) is 32.5. The number of esters is 2. The Balaban J connectivity index is 1.15. The summed E-state index contributed by atoms with van der Waals surface area (Å²) < 4.78 is 24.4. The molecule has 2 saturated heterocycles. The Kier molecular flexibility index (Phi) is 7.29. The van der Waals surface area contributed by atoms with E-state index in [9.17, 15) is 19.8 Å². The van der Waals surface area contributed by atoms with Gasteiger partial charge in [0.15, 0.2) is 12.2 Å². The van der Waals surface area contributed by atoms with Crippen LogP contribution >= 0.6 is 0 Å². The van der Waals surface area contributed by atoms with Crippen LogP contribution in [0.5, 0.6) is 0 Å². The molecule has 0 amide bonds. The van der Waals surface area contributed by atoms with Gasteiger partial charge in [0.25, 0.3) is 0 Å². The lowest BCUT2D eigenvalue weighted by Gasteiger charge is -2.63. The molecule has 45 heavy (non-hydrogen) atoms. The molecule has 2 unspecified atom stereocenters. The Morgan fingerprint density at radius 2 is 1.67 bits per heavy atom. The maximum absolute atomic E-state index is 13.0. The summed E-state index contributed by atoms with van der Waals surface area (Å²) in [7, 11) is 0. The molecular weight excluding hydrogens is 572 g/mol. The molecule has 0 aromatic rings. The molecule has 7 fully saturated rings. The van der Waals surface area contributed by atoms with E-state index in [0.717, 1.165) is 44.9 Å². The van der Waals surface area contributed by atoms with Crippen molar-refractivity contribution >= 4 is 11.9 Å². The molecule has 8 nitrogen and oxygen atoms in total. The van der Waals surface area contributed by atoms with E-state index in [1.54, 1.807) is 13.8 Å². The molecule has 0 radical (unpaired) electrons. The number of hydrogen-bond donors (Lipinski definition) is 2. The molecule has 7 aliphatic rings. The standard InChI is InChI=1S/C37H58O8/c1-20-18-23(30(33(5,6)41)43-21(2)38)44-28-27(20)34(7)15-16-37-19-36(37)14-13-26(45-31(40)22-10-9-17-42-22)32(3,4)24(36)11-12-25(37)35(34,8)29(28)39/h20,22-30,39,41H,9-19H2,1-8H3/t20-,22?,23-,24+,25+,26?,27+,28+,29+,30+,34-,35-,36-,37+/m1/s1. The van der Waals surface area contributed by atoms with Gasteiger partial charge in [0.1, 0.15) is 6.10 Å². The van der Waals surface area contributed by atoms with Gasteiger partial charge in [-0.1, -0.05) is 34.6 Å². The number of aliphatic hydroxyl groups excluding tert-OH is 1. The van der Waals surface area contributed by atoms with Crippen molar-refractivity contribution in [3.05, 3.63) is 0 Å². The van der Waals surface area contributed by atoms with Gasteiger partial charge < -0.3 is 29.2 Å². The molecule has 2 N–H and O–H groups in total. The van der Waals surface area contributed by atoms with E-state index in [0.29, 0.717) is 24.9 Å². The Morgan fingerprint density at radius 1 is 0.978 bits per heavy atom. The first kappa shape index (κ1) is 32.3. The Bertz CT molecular complexity index is 1220. The smallest absolute Gasteiger partial charge is 0.335 e. The molecule has 2 heterocycles. The van der Waals surface area contributed by atoms with Crippen molar-refractivity contribution in [1.29, 1.82) is 0 Å². The second-order valence-corrected chi connectivity index (χ2v) is 18.2. The van der Waals surface area contributed by atoms with Crippen LogP contribution in [0.4, 0.5) is 0 Å². The predicted molar refractivity (Wildman–Crippen MR) is 167 cm³/mol. The molecule has 7 rings (SSSR count). The van der Waals surface area contributed by atoms with Crippen LogP contribution in [0.3, 0.4) is 0 Å². The largest absolute Gasteiger partial charge is 0.460 e. The van der Waals surface area contributed by atoms with Crippen molar-refractivity contribution in [2.75, 3.05) is 6.61 Å². The van der Waals surface area contributed by atoms with Crippen LogP contribution < -0.4 is 0 Å². The molecular formula is C37H58O8. The summed E-state index contributed by atoms with van der Waals surface area (Å²) in [6, 6.07) is 0. The van der Waals surface area contributed by atoms with E-state index < -0.39 is 36.0 Å². The third-order valence-electron chi connectivity index (χ3n) is 15.5.